The van der Waals surface area contributed by atoms with E-state index in [1.807, 2.05) is 24.3 Å². The van der Waals surface area contributed by atoms with Gasteiger partial charge in [-0.2, -0.15) is 0 Å². The first-order valence-electron chi connectivity index (χ1n) is 16.2. The third kappa shape index (κ3) is 5.62. The predicted octanol–water partition coefficient (Wildman–Crippen LogP) is 11.3. The molecule has 4 nitrogen and oxygen atoms in total. The van der Waals surface area contributed by atoms with Gasteiger partial charge in [0.25, 0.3) is 0 Å². The summed E-state index contributed by atoms with van der Waals surface area (Å²) in [6.07, 6.45) is 8.54. The molecule has 9 rings (SSSR count). The van der Waals surface area contributed by atoms with E-state index in [-0.39, 0.29) is 22.4 Å². The van der Waals surface area contributed by atoms with Crippen molar-refractivity contribution >= 4 is 46.4 Å². The number of nitrogens with one attached hydrogen (secondary N) is 2. The standard InChI is InChI=1S/C44H30N4.Ag/c1-5-13-29(14-6-1)41-33-21-23-35(45-33)42(30-15-7-2-8-16-30)37-25-27-39(47-37)44(32-19-11-4-12-20-32)40-28-26-38(48-40)43(31-17-9-3-10-18-31)36-24-22-34(41)46-36;/h1-28,45,48H;. The number of hydrogen-bond acceptors (Lipinski definition) is 2. The van der Waals surface area contributed by atoms with Crippen molar-refractivity contribution in [1.82, 2.24) is 19.9 Å². The van der Waals surface area contributed by atoms with Gasteiger partial charge in [-0.3, -0.25) is 0 Å². The van der Waals surface area contributed by atoms with E-state index in [0.717, 1.165) is 89.4 Å². The fourth-order valence-electron chi connectivity index (χ4n) is 6.84. The van der Waals surface area contributed by atoms with Crippen LogP contribution in [-0.2, 0) is 22.4 Å². The van der Waals surface area contributed by atoms with Crippen LogP contribution in [0.5, 0.6) is 0 Å². The molecule has 0 saturated carbocycles. The number of aromatic nitrogens is 4. The molecule has 0 unspecified atom stereocenters. The topological polar surface area (TPSA) is 57.4 Å². The molecule has 2 N–H and O–H groups in total. The van der Waals surface area contributed by atoms with Gasteiger partial charge in [0.15, 0.2) is 0 Å². The molecule has 0 amide bonds. The maximum Gasteiger partial charge on any atom is 0.0737 e. The Morgan fingerprint density at radius 1 is 0.286 bits per heavy atom. The second kappa shape index (κ2) is 13.0. The van der Waals surface area contributed by atoms with Crippen LogP contribution in [0.2, 0.25) is 0 Å². The zero-order chi connectivity index (χ0) is 31.9. The van der Waals surface area contributed by atoms with Gasteiger partial charge in [-0.15, -0.1) is 0 Å². The van der Waals surface area contributed by atoms with Crippen molar-refractivity contribution in [3.63, 3.8) is 0 Å². The molecule has 0 fully saturated rings. The zero-order valence-corrected chi connectivity index (χ0v) is 27.8. The summed E-state index contributed by atoms with van der Waals surface area (Å²) in [4.78, 5) is 18.3. The number of fused-ring (bicyclic) bond motifs is 8. The molecule has 0 spiro atoms. The molecule has 5 heteroatoms. The van der Waals surface area contributed by atoms with Crippen LogP contribution in [0.15, 0.2) is 146 Å². The summed E-state index contributed by atoms with van der Waals surface area (Å²) in [7, 11) is 0. The number of H-pyrrole nitrogens is 2. The Kier molecular flexibility index (Phi) is 8.12. The summed E-state index contributed by atoms with van der Waals surface area (Å²) < 4.78 is 0. The third-order valence-electron chi connectivity index (χ3n) is 9.00. The van der Waals surface area contributed by atoms with E-state index in [9.17, 15) is 0 Å². The maximum atomic E-state index is 5.35. The van der Waals surface area contributed by atoms with Crippen LogP contribution in [0.25, 0.3) is 90.9 Å². The molecule has 3 aromatic heterocycles. The van der Waals surface area contributed by atoms with Crippen molar-refractivity contribution in [2.45, 2.75) is 0 Å². The largest absolute Gasteiger partial charge is 0.354 e. The Morgan fingerprint density at radius 3 is 0.735 bits per heavy atom. The molecule has 5 heterocycles. The van der Waals surface area contributed by atoms with Crippen LogP contribution in [0, 0.1) is 0 Å². The molecule has 0 saturated heterocycles. The molecule has 7 aromatic rings. The average Bonchev–Trinajstić information content (AvgIpc) is 3.98. The van der Waals surface area contributed by atoms with E-state index < -0.39 is 0 Å². The molecular weight excluding hydrogens is 692 g/mol. The Morgan fingerprint density at radius 2 is 0.510 bits per heavy atom. The summed E-state index contributed by atoms with van der Waals surface area (Å²) in [6.45, 7) is 0. The molecule has 1 radical (unpaired) electrons. The second-order valence-corrected chi connectivity index (χ2v) is 12.0. The molecule has 2 aliphatic heterocycles. The third-order valence-corrected chi connectivity index (χ3v) is 9.00. The zero-order valence-electron chi connectivity index (χ0n) is 26.4. The quantitative estimate of drug-likeness (QED) is 0.178. The van der Waals surface area contributed by atoms with Gasteiger partial charge >= 0.3 is 0 Å². The second-order valence-electron chi connectivity index (χ2n) is 12.0. The molecular formula is C44H30AgN4. The Bertz CT molecular complexity index is 2180. The van der Waals surface area contributed by atoms with Crippen LogP contribution in [0.1, 0.15) is 22.8 Å². The first kappa shape index (κ1) is 30.5. The Hall–Kier alpha value is -5.78. The minimum Gasteiger partial charge on any atom is -0.354 e. The Balaban J connectivity index is 0.00000348. The SMILES string of the molecule is C1=Cc2nc1c(-c1ccccc1)c1ccc([nH]1)c(-c1ccccc1)c1nc(c(-c3ccccc3)c3ccc([nH]3)c2-c2ccccc2)C=C1.[Ag]. The van der Waals surface area contributed by atoms with E-state index in [4.69, 9.17) is 9.97 Å². The fraction of sp³-hybridized carbons (Fsp3) is 0. The van der Waals surface area contributed by atoms with Crippen molar-refractivity contribution in [1.29, 1.82) is 0 Å². The van der Waals surface area contributed by atoms with Gasteiger partial charge < -0.3 is 9.97 Å². The first-order chi connectivity index (χ1) is 23.8. The molecule has 0 atom stereocenters. The van der Waals surface area contributed by atoms with E-state index in [2.05, 4.69) is 156 Å². The van der Waals surface area contributed by atoms with Gasteiger partial charge in [-0.1, -0.05) is 121 Å². The van der Waals surface area contributed by atoms with Gasteiger partial charge in [-0.05, 0) is 70.8 Å². The smallest absolute Gasteiger partial charge is 0.0737 e. The number of hydrogen-bond donors (Lipinski definition) is 2. The van der Waals surface area contributed by atoms with Crippen molar-refractivity contribution < 1.29 is 22.4 Å². The molecule has 8 bridgehead atoms. The summed E-state index contributed by atoms with van der Waals surface area (Å²) in [5.41, 5.74) is 16.2. The van der Waals surface area contributed by atoms with Crippen LogP contribution in [0.4, 0.5) is 0 Å². The number of rotatable bonds is 4. The van der Waals surface area contributed by atoms with Gasteiger partial charge in [0.2, 0.25) is 0 Å². The first-order valence-corrected chi connectivity index (χ1v) is 16.2. The fourth-order valence-corrected chi connectivity index (χ4v) is 6.84. The molecule has 2 aliphatic rings. The molecule has 4 aromatic carbocycles. The molecule has 49 heavy (non-hydrogen) atoms. The summed E-state index contributed by atoms with van der Waals surface area (Å²) in [5, 5.41) is 0. The van der Waals surface area contributed by atoms with Crippen molar-refractivity contribution in [3.8, 4) is 44.5 Å². The number of benzene rings is 4. The minimum absolute atomic E-state index is 0. The Labute approximate surface area is 300 Å². The molecule has 0 aliphatic carbocycles. The van der Waals surface area contributed by atoms with Gasteiger partial charge in [0.05, 0.1) is 22.8 Å². The summed E-state index contributed by atoms with van der Waals surface area (Å²) in [6, 6.07) is 50.7. The van der Waals surface area contributed by atoms with Crippen molar-refractivity contribution in [2.24, 2.45) is 0 Å². The number of aromatic amines is 2. The average molecular weight is 723 g/mol. The molecule has 237 valence electrons. The van der Waals surface area contributed by atoms with Crippen LogP contribution in [0.3, 0.4) is 0 Å². The monoisotopic (exact) mass is 721 g/mol. The van der Waals surface area contributed by atoms with E-state index in [0.29, 0.717) is 0 Å². The van der Waals surface area contributed by atoms with Gasteiger partial charge in [0.1, 0.15) is 0 Å². The van der Waals surface area contributed by atoms with Gasteiger partial charge in [-0.25, -0.2) is 9.97 Å². The van der Waals surface area contributed by atoms with Crippen LogP contribution in [-0.4, -0.2) is 19.9 Å². The van der Waals surface area contributed by atoms with Crippen LogP contribution >= 0.6 is 0 Å². The maximum absolute atomic E-state index is 5.35. The van der Waals surface area contributed by atoms with Crippen molar-refractivity contribution in [2.75, 3.05) is 0 Å². The van der Waals surface area contributed by atoms with Crippen molar-refractivity contribution in [3.05, 3.63) is 168 Å². The number of nitrogens with zero attached hydrogens (tertiary/aromatic N) is 2. The minimum atomic E-state index is 0. The normalized spacial score (nSPS) is 11.8. The van der Waals surface area contributed by atoms with Crippen LogP contribution < -0.4 is 0 Å². The van der Waals surface area contributed by atoms with Gasteiger partial charge in [0, 0.05) is 66.7 Å². The predicted molar refractivity (Wildman–Crippen MR) is 201 cm³/mol. The van der Waals surface area contributed by atoms with E-state index in [1.54, 1.807) is 0 Å². The van der Waals surface area contributed by atoms with E-state index >= 15 is 0 Å². The summed E-state index contributed by atoms with van der Waals surface area (Å²) >= 11 is 0. The summed E-state index contributed by atoms with van der Waals surface area (Å²) in [5.74, 6) is 0. The van der Waals surface area contributed by atoms with E-state index in [1.165, 1.54) is 0 Å².